The second kappa shape index (κ2) is 5.50. The summed E-state index contributed by atoms with van der Waals surface area (Å²) in [7, 11) is 0. The van der Waals surface area contributed by atoms with Gasteiger partial charge in [0.1, 0.15) is 5.75 Å². The van der Waals surface area contributed by atoms with E-state index in [1.165, 1.54) is 16.2 Å². The van der Waals surface area contributed by atoms with E-state index in [1.807, 2.05) is 36.0 Å². The van der Waals surface area contributed by atoms with Crippen LogP contribution >= 0.6 is 23.1 Å². The highest BCUT2D eigenvalue weighted by atomic mass is 32.2. The van der Waals surface area contributed by atoms with Crippen molar-refractivity contribution in [2.24, 2.45) is 0 Å². The highest BCUT2D eigenvalue weighted by Gasteiger charge is 2.23. The van der Waals surface area contributed by atoms with Crippen molar-refractivity contribution in [2.45, 2.75) is 31.1 Å². The quantitative estimate of drug-likeness (QED) is 0.786. The highest BCUT2D eigenvalue weighted by molar-refractivity contribution is 7.98. The second-order valence-electron chi connectivity index (χ2n) is 5.53. The minimum absolute atomic E-state index is 0.136. The standard InChI is InChI=1S/C17H16O2S2/c18-17(16-9-12-10-20-8-7-15(12)21-16)11-1-3-13(4-2-11)19-14-5-6-14/h1-4,9,14H,5-8,10H2. The van der Waals surface area contributed by atoms with Crippen LogP contribution in [0.2, 0.25) is 0 Å². The van der Waals surface area contributed by atoms with Crippen molar-refractivity contribution < 1.29 is 9.53 Å². The first kappa shape index (κ1) is 13.4. The molecule has 2 heterocycles. The summed E-state index contributed by atoms with van der Waals surface area (Å²) in [6.07, 6.45) is 3.80. The van der Waals surface area contributed by atoms with Gasteiger partial charge >= 0.3 is 0 Å². The summed E-state index contributed by atoms with van der Waals surface area (Å²) in [5.41, 5.74) is 2.11. The summed E-state index contributed by atoms with van der Waals surface area (Å²) in [6, 6.07) is 9.67. The molecule has 0 atom stereocenters. The van der Waals surface area contributed by atoms with Gasteiger partial charge in [-0.2, -0.15) is 11.8 Å². The Morgan fingerprint density at radius 3 is 2.71 bits per heavy atom. The number of thiophene rings is 1. The Morgan fingerprint density at radius 2 is 2.00 bits per heavy atom. The topological polar surface area (TPSA) is 26.3 Å². The fourth-order valence-corrected chi connectivity index (χ4v) is 4.80. The Labute approximate surface area is 132 Å². The van der Waals surface area contributed by atoms with Crippen LogP contribution in [-0.2, 0) is 12.2 Å². The van der Waals surface area contributed by atoms with E-state index >= 15 is 0 Å². The number of carbonyl (C=O) groups excluding carboxylic acids is 1. The van der Waals surface area contributed by atoms with Crippen LogP contribution in [0.5, 0.6) is 5.75 Å². The lowest BCUT2D eigenvalue weighted by Crippen LogP contribution is -2.00. The van der Waals surface area contributed by atoms with Crippen LogP contribution < -0.4 is 4.74 Å². The first-order chi connectivity index (χ1) is 10.3. The molecule has 0 unspecified atom stereocenters. The van der Waals surface area contributed by atoms with Crippen LogP contribution in [0.25, 0.3) is 0 Å². The molecule has 0 amide bonds. The van der Waals surface area contributed by atoms with Crippen LogP contribution in [-0.4, -0.2) is 17.6 Å². The minimum atomic E-state index is 0.136. The van der Waals surface area contributed by atoms with E-state index in [0.717, 1.165) is 41.2 Å². The van der Waals surface area contributed by atoms with Gasteiger partial charge in [-0.25, -0.2) is 0 Å². The van der Waals surface area contributed by atoms with Crippen molar-refractivity contribution in [1.29, 1.82) is 0 Å². The molecule has 1 aliphatic carbocycles. The van der Waals surface area contributed by atoms with Gasteiger partial charge in [0, 0.05) is 16.2 Å². The van der Waals surface area contributed by atoms with Gasteiger partial charge in [-0.15, -0.1) is 11.3 Å². The van der Waals surface area contributed by atoms with E-state index < -0.39 is 0 Å². The van der Waals surface area contributed by atoms with Crippen molar-refractivity contribution in [3.05, 3.63) is 51.2 Å². The summed E-state index contributed by atoms with van der Waals surface area (Å²) >= 11 is 3.62. The molecule has 2 aliphatic rings. The third-order valence-corrected chi connectivity index (χ3v) is 6.04. The van der Waals surface area contributed by atoms with Crippen molar-refractivity contribution >= 4 is 28.9 Å². The maximum Gasteiger partial charge on any atom is 0.202 e. The molecule has 4 heteroatoms. The van der Waals surface area contributed by atoms with Gasteiger partial charge in [0.05, 0.1) is 11.0 Å². The molecular formula is C17H16O2S2. The van der Waals surface area contributed by atoms with Crippen molar-refractivity contribution in [2.75, 3.05) is 5.75 Å². The molecule has 2 aromatic rings. The predicted molar refractivity (Wildman–Crippen MR) is 87.7 cm³/mol. The maximum absolute atomic E-state index is 12.6. The number of carbonyl (C=O) groups is 1. The van der Waals surface area contributed by atoms with Crippen molar-refractivity contribution in [3.8, 4) is 5.75 Å². The number of fused-ring (bicyclic) bond motifs is 1. The van der Waals surface area contributed by atoms with Crippen LogP contribution in [0.4, 0.5) is 0 Å². The van der Waals surface area contributed by atoms with Crippen molar-refractivity contribution in [3.63, 3.8) is 0 Å². The summed E-state index contributed by atoms with van der Waals surface area (Å²) in [5.74, 6) is 3.23. The van der Waals surface area contributed by atoms with Gasteiger partial charge in [-0.3, -0.25) is 4.79 Å². The monoisotopic (exact) mass is 316 g/mol. The Morgan fingerprint density at radius 1 is 1.19 bits per heavy atom. The summed E-state index contributed by atoms with van der Waals surface area (Å²) < 4.78 is 5.72. The first-order valence-corrected chi connectivity index (χ1v) is 9.27. The fourth-order valence-electron chi connectivity index (χ4n) is 2.46. The van der Waals surface area contributed by atoms with Crippen LogP contribution in [0, 0.1) is 0 Å². The molecular weight excluding hydrogens is 300 g/mol. The molecule has 0 saturated heterocycles. The fraction of sp³-hybridized carbons (Fsp3) is 0.353. The number of ketones is 1. The Bertz CT molecular complexity index is 645. The lowest BCUT2D eigenvalue weighted by molar-refractivity contribution is 0.104. The van der Waals surface area contributed by atoms with E-state index in [2.05, 4.69) is 6.07 Å². The Balaban J connectivity index is 1.54. The zero-order chi connectivity index (χ0) is 14.2. The van der Waals surface area contributed by atoms with E-state index in [9.17, 15) is 4.79 Å². The van der Waals surface area contributed by atoms with Gasteiger partial charge in [0.25, 0.3) is 0 Å². The number of hydrogen-bond donors (Lipinski definition) is 0. The molecule has 1 fully saturated rings. The van der Waals surface area contributed by atoms with Crippen LogP contribution in [0.3, 0.4) is 0 Å². The molecule has 0 radical (unpaired) electrons. The number of benzene rings is 1. The third-order valence-electron chi connectivity index (χ3n) is 3.80. The van der Waals surface area contributed by atoms with E-state index in [1.54, 1.807) is 11.3 Å². The molecule has 1 aliphatic heterocycles. The summed E-state index contributed by atoms with van der Waals surface area (Å²) in [6.45, 7) is 0. The molecule has 4 rings (SSSR count). The second-order valence-corrected chi connectivity index (χ2v) is 7.77. The van der Waals surface area contributed by atoms with Gasteiger partial charge in [0.15, 0.2) is 0 Å². The molecule has 1 saturated carbocycles. The highest BCUT2D eigenvalue weighted by Crippen LogP contribution is 2.33. The molecule has 2 nitrogen and oxygen atoms in total. The van der Waals surface area contributed by atoms with Gasteiger partial charge in [0.2, 0.25) is 5.78 Å². The van der Waals surface area contributed by atoms with E-state index in [4.69, 9.17) is 4.74 Å². The van der Waals surface area contributed by atoms with Crippen molar-refractivity contribution in [1.82, 2.24) is 0 Å². The normalized spacial score (nSPS) is 17.3. The number of rotatable bonds is 4. The van der Waals surface area contributed by atoms with E-state index in [-0.39, 0.29) is 5.78 Å². The predicted octanol–water partition coefficient (Wildman–Crippen LogP) is 4.31. The van der Waals surface area contributed by atoms with Crippen LogP contribution in [0.1, 0.15) is 38.5 Å². The smallest absolute Gasteiger partial charge is 0.202 e. The molecule has 21 heavy (non-hydrogen) atoms. The molecule has 108 valence electrons. The number of aryl methyl sites for hydroxylation is 1. The lowest BCUT2D eigenvalue weighted by atomic mass is 10.1. The lowest BCUT2D eigenvalue weighted by Gasteiger charge is -2.08. The third kappa shape index (κ3) is 2.87. The molecule has 0 bridgehead atoms. The Kier molecular flexibility index (Phi) is 3.51. The Hall–Kier alpha value is -1.26. The number of hydrogen-bond acceptors (Lipinski definition) is 4. The molecule has 0 N–H and O–H groups in total. The SMILES string of the molecule is O=C(c1ccc(OC2CC2)cc1)c1cc2c(s1)CCSC2. The molecule has 0 spiro atoms. The van der Waals surface area contributed by atoms with Gasteiger partial charge in [-0.05, 0) is 60.9 Å². The van der Waals surface area contributed by atoms with Gasteiger partial charge in [-0.1, -0.05) is 0 Å². The average molecular weight is 316 g/mol. The molecule has 1 aromatic heterocycles. The number of ether oxygens (including phenoxy) is 1. The summed E-state index contributed by atoms with van der Waals surface area (Å²) in [4.78, 5) is 14.8. The molecule has 1 aromatic carbocycles. The zero-order valence-corrected chi connectivity index (χ0v) is 13.3. The van der Waals surface area contributed by atoms with Crippen LogP contribution in [0.15, 0.2) is 30.3 Å². The van der Waals surface area contributed by atoms with E-state index in [0.29, 0.717) is 6.10 Å². The average Bonchev–Trinajstić information content (AvgIpc) is 3.22. The minimum Gasteiger partial charge on any atom is -0.490 e. The largest absolute Gasteiger partial charge is 0.490 e. The maximum atomic E-state index is 12.6. The first-order valence-electron chi connectivity index (χ1n) is 7.30. The zero-order valence-electron chi connectivity index (χ0n) is 11.6. The van der Waals surface area contributed by atoms with Gasteiger partial charge < -0.3 is 4.74 Å². The number of thioether (sulfide) groups is 1. The summed E-state index contributed by atoms with van der Waals surface area (Å²) in [5, 5.41) is 0.